The van der Waals surface area contributed by atoms with Gasteiger partial charge >= 0.3 is 5.97 Å². The summed E-state index contributed by atoms with van der Waals surface area (Å²) in [4.78, 5) is 20.7. The fourth-order valence-corrected chi connectivity index (χ4v) is 3.85. The molecule has 3 rings (SSSR count). The zero-order valence-corrected chi connectivity index (χ0v) is 19.0. The van der Waals surface area contributed by atoms with Crippen molar-refractivity contribution in [2.45, 2.75) is 19.4 Å². The molecule has 0 aliphatic carbocycles. The maximum atomic E-state index is 12.5. The van der Waals surface area contributed by atoms with Gasteiger partial charge in [-0.1, -0.05) is 34.5 Å². The number of carbonyl (C=O) groups is 1. The zero-order valence-electron chi connectivity index (χ0n) is 16.7. The Morgan fingerprint density at radius 3 is 2.65 bits per heavy atom. The molecule has 10 nitrogen and oxygen atoms in total. The maximum Gasteiger partial charge on any atom is 0.312 e. The van der Waals surface area contributed by atoms with E-state index in [9.17, 15) is 13.2 Å². The third kappa shape index (κ3) is 5.69. The average Bonchev–Trinajstić information content (AvgIpc) is 3.03. The van der Waals surface area contributed by atoms with Gasteiger partial charge in [0.25, 0.3) is 0 Å². The van der Waals surface area contributed by atoms with Crippen molar-refractivity contribution in [1.29, 1.82) is 0 Å². The van der Waals surface area contributed by atoms with Gasteiger partial charge in [0, 0.05) is 18.8 Å². The van der Waals surface area contributed by atoms with Gasteiger partial charge in [-0.2, -0.15) is 0 Å². The summed E-state index contributed by atoms with van der Waals surface area (Å²) in [5.41, 5.74) is 1.80. The van der Waals surface area contributed by atoms with Crippen molar-refractivity contribution in [2.75, 3.05) is 11.0 Å². The number of rotatable bonds is 7. The highest BCUT2D eigenvalue weighted by Gasteiger charge is 2.22. The lowest BCUT2D eigenvalue weighted by Gasteiger charge is -2.14. The Bertz CT molecular complexity index is 1230. The van der Waals surface area contributed by atoms with Crippen molar-refractivity contribution in [2.24, 2.45) is 7.05 Å². The topological polar surface area (TPSA) is 129 Å². The lowest BCUT2D eigenvalue weighted by molar-refractivity contribution is -0.147. The predicted molar refractivity (Wildman–Crippen MR) is 115 cm³/mol. The number of hydrogen-bond acceptors (Lipinski definition) is 8. The van der Waals surface area contributed by atoms with Gasteiger partial charge in [0.1, 0.15) is 17.0 Å². The fourth-order valence-electron chi connectivity index (χ4n) is 2.76. The molecule has 0 amide bonds. The summed E-state index contributed by atoms with van der Waals surface area (Å²) in [5.74, 6) is -0.527. The molecule has 0 saturated carbocycles. The number of carbonyl (C=O) groups excluding carboxylic acids is 1. The van der Waals surface area contributed by atoms with Gasteiger partial charge in [0.2, 0.25) is 10.0 Å². The van der Waals surface area contributed by atoms with Crippen LogP contribution in [-0.2, 0) is 33.0 Å². The number of aryl methyl sites for hydroxylation is 1. The van der Waals surface area contributed by atoms with Gasteiger partial charge in [-0.15, -0.1) is 5.10 Å². The van der Waals surface area contributed by atoms with E-state index < -0.39 is 22.1 Å². The number of aromatic nitrogens is 5. The van der Waals surface area contributed by atoms with Crippen molar-refractivity contribution in [3.63, 3.8) is 0 Å². The van der Waals surface area contributed by atoms with Crippen LogP contribution in [0.5, 0.6) is 0 Å². The number of halogens is 2. The van der Waals surface area contributed by atoms with Crippen molar-refractivity contribution in [3.8, 4) is 11.4 Å². The Kier molecular flexibility index (Phi) is 6.77. The van der Waals surface area contributed by atoms with E-state index in [-0.39, 0.29) is 22.4 Å². The Labute approximate surface area is 188 Å². The van der Waals surface area contributed by atoms with E-state index in [1.165, 1.54) is 16.8 Å². The van der Waals surface area contributed by atoms with Crippen LogP contribution < -0.4 is 4.72 Å². The molecule has 1 atom stereocenters. The lowest BCUT2D eigenvalue weighted by atomic mass is 10.1. The average molecular weight is 485 g/mol. The highest BCUT2D eigenvalue weighted by molar-refractivity contribution is 7.92. The second kappa shape index (κ2) is 9.16. The number of hydrogen-bond donors (Lipinski definition) is 1. The minimum Gasteiger partial charge on any atom is -0.457 e. The first-order valence-electron chi connectivity index (χ1n) is 8.88. The molecule has 31 heavy (non-hydrogen) atoms. The Hall–Kier alpha value is -2.76. The zero-order chi connectivity index (χ0) is 22.8. The molecule has 13 heteroatoms. The van der Waals surface area contributed by atoms with Crippen LogP contribution in [0, 0.1) is 0 Å². The molecule has 0 unspecified atom stereocenters. The standard InChI is InChI=1S/C18H18Cl2N6O4S/c1-10(11-5-4-8-21-17(11)19)30-15(27)9-14-16(23-25-26(14)2)12-6-7-13(18(20)22-12)24-31(3,28)29/h4-8,10,24H,9H2,1-3H3/t10-/m1/s1. The molecule has 1 N–H and O–H groups in total. The predicted octanol–water partition coefficient (Wildman–Crippen LogP) is 2.80. The van der Waals surface area contributed by atoms with Gasteiger partial charge in [0.05, 0.1) is 29.8 Å². The number of nitrogens with one attached hydrogen (secondary N) is 1. The molecule has 164 valence electrons. The number of pyridine rings is 2. The van der Waals surface area contributed by atoms with Crippen LogP contribution in [0.2, 0.25) is 10.3 Å². The molecule has 3 aromatic rings. The summed E-state index contributed by atoms with van der Waals surface area (Å²) in [6.07, 6.45) is 1.81. The SMILES string of the molecule is C[C@@H](OC(=O)Cc1c(-c2ccc(NS(C)(=O)=O)c(Cl)n2)nnn1C)c1cccnc1Cl. The van der Waals surface area contributed by atoms with Gasteiger partial charge < -0.3 is 4.74 Å². The van der Waals surface area contributed by atoms with Gasteiger partial charge in [0.15, 0.2) is 5.15 Å². The summed E-state index contributed by atoms with van der Waals surface area (Å²) in [6, 6.07) is 6.40. The van der Waals surface area contributed by atoms with E-state index in [0.29, 0.717) is 22.6 Å². The number of anilines is 1. The van der Waals surface area contributed by atoms with E-state index in [2.05, 4.69) is 25.0 Å². The molecule has 0 bridgehead atoms. The molecular formula is C18H18Cl2N6O4S. The van der Waals surface area contributed by atoms with Crippen LogP contribution in [0.3, 0.4) is 0 Å². The maximum absolute atomic E-state index is 12.5. The van der Waals surface area contributed by atoms with Crippen molar-refractivity contribution < 1.29 is 17.9 Å². The number of nitrogens with zero attached hydrogens (tertiary/aromatic N) is 5. The first-order valence-corrected chi connectivity index (χ1v) is 11.5. The molecule has 0 spiro atoms. The monoisotopic (exact) mass is 484 g/mol. The summed E-state index contributed by atoms with van der Waals surface area (Å²) in [7, 11) is -1.89. The smallest absolute Gasteiger partial charge is 0.312 e. The fraction of sp³-hybridized carbons (Fsp3) is 0.278. The number of esters is 1. The lowest BCUT2D eigenvalue weighted by Crippen LogP contribution is -2.15. The van der Waals surface area contributed by atoms with E-state index in [4.69, 9.17) is 27.9 Å². The van der Waals surface area contributed by atoms with Crippen molar-refractivity contribution in [1.82, 2.24) is 25.0 Å². The quantitative estimate of drug-likeness (QED) is 0.400. The van der Waals surface area contributed by atoms with Crippen LogP contribution in [0.25, 0.3) is 11.4 Å². The largest absolute Gasteiger partial charge is 0.457 e. The second-order valence-electron chi connectivity index (χ2n) is 6.61. The Morgan fingerprint density at radius 2 is 2.00 bits per heavy atom. The summed E-state index contributed by atoms with van der Waals surface area (Å²) < 4.78 is 32.0. The number of ether oxygens (including phenoxy) is 1. The van der Waals surface area contributed by atoms with E-state index in [1.807, 2.05) is 0 Å². The molecule has 0 aromatic carbocycles. The normalized spacial score (nSPS) is 12.4. The molecule has 0 radical (unpaired) electrons. The molecule has 0 aliphatic heterocycles. The summed E-state index contributed by atoms with van der Waals surface area (Å²) in [6.45, 7) is 1.69. The first kappa shape index (κ1) is 22.9. The summed E-state index contributed by atoms with van der Waals surface area (Å²) in [5, 5.41) is 8.18. The first-order chi connectivity index (χ1) is 14.5. The van der Waals surface area contributed by atoms with Crippen LogP contribution in [0.4, 0.5) is 5.69 Å². The molecule has 0 aliphatic rings. The van der Waals surface area contributed by atoms with Crippen LogP contribution in [0.15, 0.2) is 30.5 Å². The third-order valence-corrected chi connectivity index (χ3v) is 5.37. The van der Waals surface area contributed by atoms with Gasteiger partial charge in [-0.3, -0.25) is 14.2 Å². The van der Waals surface area contributed by atoms with Crippen LogP contribution in [0.1, 0.15) is 24.3 Å². The number of sulfonamides is 1. The molecule has 0 saturated heterocycles. The highest BCUT2D eigenvalue weighted by atomic mass is 35.5. The van der Waals surface area contributed by atoms with E-state index in [1.54, 1.807) is 32.3 Å². The van der Waals surface area contributed by atoms with Crippen molar-refractivity contribution in [3.05, 3.63) is 52.0 Å². The molecule has 3 aromatic heterocycles. The summed E-state index contributed by atoms with van der Waals surface area (Å²) >= 11 is 12.2. The Morgan fingerprint density at radius 1 is 1.26 bits per heavy atom. The van der Waals surface area contributed by atoms with Crippen LogP contribution >= 0.6 is 23.2 Å². The molecule has 3 heterocycles. The minimum absolute atomic E-state index is 0.0676. The van der Waals surface area contributed by atoms with E-state index >= 15 is 0 Å². The highest BCUT2D eigenvalue weighted by Crippen LogP contribution is 2.28. The Balaban J connectivity index is 1.80. The second-order valence-corrected chi connectivity index (χ2v) is 9.07. The van der Waals surface area contributed by atoms with Gasteiger partial charge in [-0.05, 0) is 25.1 Å². The van der Waals surface area contributed by atoms with E-state index in [0.717, 1.165) is 6.26 Å². The van der Waals surface area contributed by atoms with Crippen molar-refractivity contribution >= 4 is 44.9 Å². The minimum atomic E-state index is -3.52. The molecule has 0 fully saturated rings. The third-order valence-electron chi connectivity index (χ3n) is 4.18. The van der Waals surface area contributed by atoms with Gasteiger partial charge in [-0.25, -0.2) is 18.4 Å². The molecular weight excluding hydrogens is 467 g/mol. The van der Waals surface area contributed by atoms with Crippen LogP contribution in [-0.4, -0.2) is 45.6 Å².